The van der Waals surface area contributed by atoms with Crippen LogP contribution in [-0.4, -0.2) is 83.5 Å². The average molecular weight is 541 g/mol. The van der Waals surface area contributed by atoms with Crippen LogP contribution < -0.4 is 20.7 Å². The number of hydrogen-bond donors (Lipinski definition) is 6. The van der Waals surface area contributed by atoms with Gasteiger partial charge in [-0.15, -0.1) is 0 Å². The van der Waals surface area contributed by atoms with Gasteiger partial charge in [0.1, 0.15) is 11.6 Å². The molecule has 3 rings (SSSR count). The van der Waals surface area contributed by atoms with E-state index in [-0.39, 0.29) is 22.7 Å². The maximum absolute atomic E-state index is 12.1. The quantitative estimate of drug-likeness (QED) is 0.178. The third kappa shape index (κ3) is 7.86. The minimum atomic E-state index is -3.28. The van der Waals surface area contributed by atoms with Gasteiger partial charge in [-0.25, -0.2) is 13.2 Å². The van der Waals surface area contributed by atoms with Gasteiger partial charge < -0.3 is 30.9 Å². The molecule has 0 amide bonds. The molecule has 0 saturated heterocycles. The largest absolute Gasteiger partial charge is 0.457 e. The van der Waals surface area contributed by atoms with Crippen LogP contribution in [0.1, 0.15) is 19.4 Å². The van der Waals surface area contributed by atoms with Crippen LogP contribution in [0.25, 0.3) is 0 Å². The molecule has 36 heavy (non-hydrogen) atoms. The summed E-state index contributed by atoms with van der Waals surface area (Å²) in [6.45, 7) is 4.46. The SMILES string of the molecule is CCOC(=O)S1=CC(C)(Nc2nc(NCc3ccc(S(C)(=O)=O)cc3)cc(NCC(O)CO)n2)CN1. The second-order valence-electron chi connectivity index (χ2n) is 8.45. The topological polar surface area (TPSA) is 175 Å². The molecule has 14 heteroatoms. The lowest BCUT2D eigenvalue weighted by Gasteiger charge is -2.23. The summed E-state index contributed by atoms with van der Waals surface area (Å²) in [6, 6.07) is 8.19. The van der Waals surface area contributed by atoms with E-state index in [2.05, 4.69) is 30.6 Å². The zero-order valence-electron chi connectivity index (χ0n) is 20.3. The fourth-order valence-corrected chi connectivity index (χ4v) is 5.50. The number of hydrogen-bond acceptors (Lipinski definition) is 12. The first-order valence-corrected chi connectivity index (χ1v) is 14.4. The van der Waals surface area contributed by atoms with Gasteiger partial charge in [0, 0.05) is 32.0 Å². The lowest BCUT2D eigenvalue weighted by molar-refractivity contribution is 0.105. The number of aromatic nitrogens is 2. The number of nitrogens with zero attached hydrogens (tertiary/aromatic N) is 2. The van der Waals surface area contributed by atoms with E-state index in [1.807, 2.05) is 12.3 Å². The molecule has 1 aromatic heterocycles. The second kappa shape index (κ2) is 12.0. The Balaban J connectivity index is 1.78. The summed E-state index contributed by atoms with van der Waals surface area (Å²) in [7, 11) is -4.14. The van der Waals surface area contributed by atoms with Crippen molar-refractivity contribution in [1.82, 2.24) is 14.7 Å². The van der Waals surface area contributed by atoms with Crippen molar-refractivity contribution in [2.75, 3.05) is 48.5 Å². The van der Waals surface area contributed by atoms with Crippen molar-refractivity contribution >= 4 is 48.8 Å². The van der Waals surface area contributed by atoms with E-state index >= 15 is 0 Å². The molecular formula is C22H32N6O6S2. The van der Waals surface area contributed by atoms with Crippen LogP contribution >= 0.6 is 10.7 Å². The number of rotatable bonds is 11. The summed E-state index contributed by atoms with van der Waals surface area (Å²) in [4.78, 5) is 21.3. The van der Waals surface area contributed by atoms with Crippen molar-refractivity contribution in [3.63, 3.8) is 0 Å². The molecule has 0 spiro atoms. The van der Waals surface area contributed by atoms with Gasteiger partial charge in [0.05, 0.1) is 29.8 Å². The lowest BCUT2D eigenvalue weighted by Crippen LogP contribution is -2.40. The van der Waals surface area contributed by atoms with Crippen LogP contribution in [0.3, 0.4) is 0 Å². The minimum Gasteiger partial charge on any atom is -0.457 e. The predicted molar refractivity (Wildman–Crippen MR) is 141 cm³/mol. The number of aliphatic hydroxyl groups is 2. The predicted octanol–water partition coefficient (Wildman–Crippen LogP) is 1.17. The van der Waals surface area contributed by atoms with Crippen LogP contribution in [0, 0.1) is 0 Å². The number of sulfone groups is 1. The van der Waals surface area contributed by atoms with E-state index < -0.39 is 38.8 Å². The first-order valence-electron chi connectivity index (χ1n) is 11.2. The van der Waals surface area contributed by atoms with Crippen molar-refractivity contribution in [3.8, 4) is 0 Å². The zero-order chi connectivity index (χ0) is 26.3. The standard InChI is InChI=1S/C22H32N6O6S2/c1-4-34-21(31)35-14-22(2,13-25-35)28-20-26-18(9-19(27-20)24-11-16(30)12-29)23-10-15-5-7-17(8-6-15)36(3,32)33/h5-9,14,16,25,29-30H,4,10-13H2,1-3H3,(H3,23,24,26,27,28). The molecule has 1 aliphatic heterocycles. The number of ether oxygens (including phenoxy) is 1. The summed E-state index contributed by atoms with van der Waals surface area (Å²) < 4.78 is 31.6. The average Bonchev–Trinajstić information content (AvgIpc) is 3.22. The summed E-state index contributed by atoms with van der Waals surface area (Å²) in [5, 5.41) is 29.7. The maximum atomic E-state index is 12.1. The molecule has 2 heterocycles. The summed E-state index contributed by atoms with van der Waals surface area (Å²) in [5.41, 5.74) is 0.220. The second-order valence-corrected chi connectivity index (χ2v) is 12.0. The molecule has 12 nitrogen and oxygen atoms in total. The Bertz CT molecular complexity index is 1210. The zero-order valence-corrected chi connectivity index (χ0v) is 21.9. The van der Waals surface area contributed by atoms with Crippen LogP contribution in [0.15, 0.2) is 35.2 Å². The van der Waals surface area contributed by atoms with Crippen LogP contribution in [0.2, 0.25) is 0 Å². The monoisotopic (exact) mass is 540 g/mol. The Kier molecular flexibility index (Phi) is 9.24. The molecule has 0 saturated carbocycles. The maximum Gasteiger partial charge on any atom is 0.375 e. The molecule has 0 aliphatic carbocycles. The summed E-state index contributed by atoms with van der Waals surface area (Å²) >= 11 is 0. The smallest absolute Gasteiger partial charge is 0.375 e. The molecule has 0 bridgehead atoms. The molecule has 1 aliphatic rings. The van der Waals surface area contributed by atoms with Gasteiger partial charge in [-0.3, -0.25) is 4.72 Å². The van der Waals surface area contributed by atoms with Crippen molar-refractivity contribution in [2.24, 2.45) is 0 Å². The Labute approximate surface area is 212 Å². The fourth-order valence-electron chi connectivity index (χ4n) is 3.21. The molecule has 0 radical (unpaired) electrons. The third-order valence-electron chi connectivity index (χ3n) is 5.09. The molecule has 6 N–H and O–H groups in total. The minimum absolute atomic E-state index is 0.0800. The number of anilines is 3. The van der Waals surface area contributed by atoms with Crippen molar-refractivity contribution in [3.05, 3.63) is 35.9 Å². The highest BCUT2D eigenvalue weighted by Crippen LogP contribution is 2.25. The van der Waals surface area contributed by atoms with E-state index in [4.69, 9.17) is 9.84 Å². The molecule has 198 valence electrons. The molecular weight excluding hydrogens is 508 g/mol. The van der Waals surface area contributed by atoms with Gasteiger partial charge in [-0.2, -0.15) is 9.97 Å². The third-order valence-corrected chi connectivity index (χ3v) is 7.91. The summed E-state index contributed by atoms with van der Waals surface area (Å²) in [6.07, 6.45) is 0.197. The highest BCUT2D eigenvalue weighted by Gasteiger charge is 2.31. The van der Waals surface area contributed by atoms with Crippen molar-refractivity contribution in [2.45, 2.75) is 36.9 Å². The molecule has 2 aromatic rings. The number of carbonyl (C=O) groups is 1. The molecule has 3 unspecified atom stereocenters. The molecule has 1 aromatic carbocycles. The molecule has 0 fully saturated rings. The van der Waals surface area contributed by atoms with Crippen LogP contribution in [0.5, 0.6) is 0 Å². The van der Waals surface area contributed by atoms with E-state index in [1.54, 1.807) is 37.3 Å². The first-order chi connectivity index (χ1) is 17.0. The van der Waals surface area contributed by atoms with E-state index in [0.717, 1.165) is 11.8 Å². The van der Waals surface area contributed by atoms with Gasteiger partial charge in [0.2, 0.25) is 5.95 Å². The van der Waals surface area contributed by atoms with Gasteiger partial charge >= 0.3 is 5.30 Å². The number of nitrogens with one attached hydrogen (secondary N) is 4. The van der Waals surface area contributed by atoms with Crippen molar-refractivity contribution in [1.29, 1.82) is 0 Å². The normalized spacial score (nSPS) is 20.3. The van der Waals surface area contributed by atoms with Gasteiger partial charge in [-0.1, -0.05) is 12.1 Å². The van der Waals surface area contributed by atoms with Gasteiger partial charge in [0.25, 0.3) is 0 Å². The Hall–Kier alpha value is -2.78. The fraction of sp³-hybridized carbons (Fsp3) is 0.455. The van der Waals surface area contributed by atoms with E-state index in [9.17, 15) is 18.3 Å². The highest BCUT2D eigenvalue weighted by molar-refractivity contribution is 8.26. The highest BCUT2D eigenvalue weighted by atomic mass is 32.2. The Morgan fingerprint density at radius 2 is 1.92 bits per heavy atom. The Morgan fingerprint density at radius 3 is 2.53 bits per heavy atom. The lowest BCUT2D eigenvalue weighted by atomic mass is 10.1. The van der Waals surface area contributed by atoms with Crippen molar-refractivity contribution < 1.29 is 28.2 Å². The van der Waals surface area contributed by atoms with E-state index in [0.29, 0.717) is 31.3 Å². The number of aliphatic hydroxyl groups excluding tert-OH is 2. The Morgan fingerprint density at radius 1 is 1.25 bits per heavy atom. The van der Waals surface area contributed by atoms with Crippen LogP contribution in [0.4, 0.5) is 22.4 Å². The van der Waals surface area contributed by atoms with Gasteiger partial charge in [-0.05, 0) is 47.6 Å². The summed E-state index contributed by atoms with van der Waals surface area (Å²) in [5.74, 6) is 1.16. The molecule has 3 atom stereocenters. The number of carbonyl (C=O) groups excluding carboxylic acids is 1. The van der Waals surface area contributed by atoms with E-state index in [1.165, 1.54) is 0 Å². The van der Waals surface area contributed by atoms with Gasteiger partial charge in [0.15, 0.2) is 9.84 Å². The number of benzene rings is 1. The van der Waals surface area contributed by atoms with Crippen LogP contribution in [-0.2, 0) is 21.1 Å². The first kappa shape index (κ1) is 27.8.